The second kappa shape index (κ2) is 8.50. The molecular weight excluding hydrogens is 408 g/mol. The van der Waals surface area contributed by atoms with E-state index in [1.54, 1.807) is 49.6 Å². The Kier molecular flexibility index (Phi) is 5.62. The van der Waals surface area contributed by atoms with Gasteiger partial charge in [0.2, 0.25) is 11.8 Å². The van der Waals surface area contributed by atoms with Crippen LogP contribution in [0.5, 0.6) is 29.0 Å². The van der Waals surface area contributed by atoms with E-state index in [4.69, 9.17) is 14.2 Å². The van der Waals surface area contributed by atoms with Crippen LogP contribution in [0.1, 0.15) is 0 Å². The van der Waals surface area contributed by atoms with Crippen molar-refractivity contribution < 1.29 is 29.2 Å². The van der Waals surface area contributed by atoms with Crippen LogP contribution in [0.25, 0.3) is 5.69 Å². The Hall–Kier alpha value is -3.46. The molecule has 0 saturated carbocycles. The number of aromatic nitrogens is 1. The van der Waals surface area contributed by atoms with Crippen molar-refractivity contribution >= 4 is 23.4 Å². The molecule has 4 rings (SSSR count). The Morgan fingerprint density at radius 3 is 2.57 bits per heavy atom. The van der Waals surface area contributed by atoms with E-state index in [1.807, 2.05) is 0 Å². The Morgan fingerprint density at radius 1 is 1.10 bits per heavy atom. The predicted octanol–water partition coefficient (Wildman–Crippen LogP) is 3.40. The number of carbonyl (C=O) groups is 1. The molecule has 1 aromatic heterocycles. The number of fused-ring (bicyclic) bond motifs is 1. The molecule has 1 amide bonds. The zero-order chi connectivity index (χ0) is 21.1. The predicted molar refractivity (Wildman–Crippen MR) is 112 cm³/mol. The van der Waals surface area contributed by atoms with Crippen LogP contribution < -0.4 is 19.5 Å². The number of benzene rings is 2. The van der Waals surface area contributed by atoms with Gasteiger partial charge in [-0.25, -0.2) is 0 Å². The van der Waals surface area contributed by atoms with Crippen LogP contribution in [0, 0.1) is 0 Å². The lowest BCUT2D eigenvalue weighted by Crippen LogP contribution is -2.15. The summed E-state index contributed by atoms with van der Waals surface area (Å²) in [6.07, 6.45) is 0. The molecule has 2 aromatic carbocycles. The van der Waals surface area contributed by atoms with Gasteiger partial charge in [0.05, 0.1) is 23.4 Å². The van der Waals surface area contributed by atoms with Crippen LogP contribution >= 0.6 is 11.8 Å². The summed E-state index contributed by atoms with van der Waals surface area (Å²) in [5.74, 6) is 1.36. The molecular formula is C21H20N2O6S. The topological polar surface area (TPSA) is 102 Å². The van der Waals surface area contributed by atoms with E-state index in [0.29, 0.717) is 46.7 Å². The van der Waals surface area contributed by atoms with Crippen molar-refractivity contribution in [2.45, 2.75) is 4.90 Å². The number of hydrogen-bond acceptors (Lipinski definition) is 7. The molecule has 0 radical (unpaired) electrons. The van der Waals surface area contributed by atoms with E-state index in [9.17, 15) is 15.0 Å². The molecule has 0 saturated heterocycles. The van der Waals surface area contributed by atoms with E-state index in [2.05, 4.69) is 5.32 Å². The third kappa shape index (κ3) is 4.11. The first-order valence-electron chi connectivity index (χ1n) is 9.15. The number of carbonyl (C=O) groups excluding carboxylic acids is 1. The number of ether oxygens (including phenoxy) is 3. The lowest BCUT2D eigenvalue weighted by Gasteiger charge is -2.19. The van der Waals surface area contributed by atoms with E-state index < -0.39 is 0 Å². The summed E-state index contributed by atoms with van der Waals surface area (Å²) in [6, 6.07) is 13.5. The molecule has 30 heavy (non-hydrogen) atoms. The molecule has 0 unspecified atom stereocenters. The molecule has 1 aliphatic rings. The van der Waals surface area contributed by atoms with Crippen LogP contribution in [0.2, 0.25) is 0 Å². The van der Waals surface area contributed by atoms with Crippen molar-refractivity contribution in [1.82, 2.24) is 4.57 Å². The van der Waals surface area contributed by atoms with Crippen LogP contribution in [0.15, 0.2) is 53.4 Å². The molecule has 0 fully saturated rings. The van der Waals surface area contributed by atoms with Gasteiger partial charge in [-0.15, -0.1) is 11.8 Å². The highest BCUT2D eigenvalue weighted by Crippen LogP contribution is 2.40. The van der Waals surface area contributed by atoms with Crippen LogP contribution in [0.4, 0.5) is 5.69 Å². The van der Waals surface area contributed by atoms with Crippen molar-refractivity contribution in [3.8, 4) is 34.7 Å². The van der Waals surface area contributed by atoms with Gasteiger partial charge in [0.25, 0.3) is 0 Å². The summed E-state index contributed by atoms with van der Waals surface area (Å²) in [5, 5.41) is 23.7. The SMILES string of the molecule is COc1ccc(NC(=O)CSc2cc(O)n(-c3ccc4c(c3)OCCO4)c2O)cc1. The third-order valence-electron chi connectivity index (χ3n) is 4.44. The third-order valence-corrected chi connectivity index (χ3v) is 5.46. The van der Waals surface area contributed by atoms with Crippen molar-refractivity contribution in [3.05, 3.63) is 48.5 Å². The summed E-state index contributed by atoms with van der Waals surface area (Å²) >= 11 is 1.12. The first-order chi connectivity index (χ1) is 14.5. The number of amides is 1. The molecule has 0 aliphatic carbocycles. The molecule has 3 aromatic rings. The standard InChI is InChI=1S/C21H20N2O6S/c1-27-15-5-2-13(3-6-15)22-19(24)12-30-18-11-20(25)23(21(18)26)14-4-7-16-17(10-14)29-9-8-28-16/h2-7,10-11,25-26H,8-9,12H2,1H3,(H,22,24). The first-order valence-corrected chi connectivity index (χ1v) is 10.1. The number of anilines is 1. The highest BCUT2D eigenvalue weighted by atomic mass is 32.2. The fourth-order valence-electron chi connectivity index (χ4n) is 3.01. The number of rotatable bonds is 6. The summed E-state index contributed by atoms with van der Waals surface area (Å²) in [5.41, 5.74) is 1.16. The fourth-order valence-corrected chi connectivity index (χ4v) is 3.78. The lowest BCUT2D eigenvalue weighted by atomic mass is 10.2. The average Bonchev–Trinajstić information content (AvgIpc) is 3.05. The normalized spacial score (nSPS) is 12.4. The number of methoxy groups -OCH3 is 1. The zero-order valence-electron chi connectivity index (χ0n) is 16.1. The molecule has 2 heterocycles. The van der Waals surface area contributed by atoms with Gasteiger partial charge in [-0.05, 0) is 36.4 Å². The molecule has 0 spiro atoms. The molecule has 0 bridgehead atoms. The van der Waals surface area contributed by atoms with Gasteiger partial charge in [0, 0.05) is 17.8 Å². The van der Waals surface area contributed by atoms with Gasteiger partial charge in [0.1, 0.15) is 19.0 Å². The summed E-state index contributed by atoms with van der Waals surface area (Å²) in [4.78, 5) is 12.6. The summed E-state index contributed by atoms with van der Waals surface area (Å²) in [6.45, 7) is 0.913. The van der Waals surface area contributed by atoms with Gasteiger partial charge >= 0.3 is 0 Å². The molecule has 9 heteroatoms. The minimum Gasteiger partial charge on any atom is -0.497 e. The second-order valence-electron chi connectivity index (χ2n) is 6.42. The molecule has 1 aliphatic heterocycles. The zero-order valence-corrected chi connectivity index (χ0v) is 16.9. The van der Waals surface area contributed by atoms with Gasteiger partial charge in [-0.3, -0.25) is 9.36 Å². The van der Waals surface area contributed by atoms with Crippen molar-refractivity contribution in [2.75, 3.05) is 31.4 Å². The molecule has 0 atom stereocenters. The Labute approximate surface area is 177 Å². The molecule has 3 N–H and O–H groups in total. The highest BCUT2D eigenvalue weighted by Gasteiger charge is 2.19. The maximum atomic E-state index is 12.2. The minimum absolute atomic E-state index is 0.0597. The van der Waals surface area contributed by atoms with E-state index in [1.165, 1.54) is 10.6 Å². The molecule has 8 nitrogen and oxygen atoms in total. The number of nitrogens with zero attached hydrogens (tertiary/aromatic N) is 1. The van der Waals surface area contributed by atoms with Crippen molar-refractivity contribution in [1.29, 1.82) is 0 Å². The summed E-state index contributed by atoms with van der Waals surface area (Å²) < 4.78 is 17.4. The lowest BCUT2D eigenvalue weighted by molar-refractivity contribution is -0.113. The van der Waals surface area contributed by atoms with Gasteiger partial charge in [-0.1, -0.05) is 0 Å². The molecule has 156 valence electrons. The second-order valence-corrected chi connectivity index (χ2v) is 7.44. The number of thioether (sulfide) groups is 1. The summed E-state index contributed by atoms with van der Waals surface area (Å²) in [7, 11) is 1.57. The number of nitrogens with one attached hydrogen (secondary N) is 1. The van der Waals surface area contributed by atoms with Crippen LogP contribution in [-0.2, 0) is 4.79 Å². The van der Waals surface area contributed by atoms with Crippen LogP contribution in [-0.4, -0.2) is 46.8 Å². The fraction of sp³-hybridized carbons (Fsp3) is 0.190. The van der Waals surface area contributed by atoms with Gasteiger partial charge in [0.15, 0.2) is 17.4 Å². The van der Waals surface area contributed by atoms with Crippen molar-refractivity contribution in [2.24, 2.45) is 0 Å². The quantitative estimate of drug-likeness (QED) is 0.517. The monoisotopic (exact) mass is 428 g/mol. The van der Waals surface area contributed by atoms with E-state index >= 15 is 0 Å². The first kappa shape index (κ1) is 19.8. The van der Waals surface area contributed by atoms with Crippen molar-refractivity contribution in [3.63, 3.8) is 0 Å². The number of hydrogen-bond donors (Lipinski definition) is 3. The smallest absolute Gasteiger partial charge is 0.234 e. The maximum absolute atomic E-state index is 12.2. The largest absolute Gasteiger partial charge is 0.497 e. The van der Waals surface area contributed by atoms with E-state index in [-0.39, 0.29) is 23.4 Å². The average molecular weight is 428 g/mol. The van der Waals surface area contributed by atoms with Gasteiger partial charge < -0.3 is 29.7 Å². The Bertz CT molecular complexity index is 1060. The van der Waals surface area contributed by atoms with Gasteiger partial charge in [-0.2, -0.15) is 0 Å². The highest BCUT2D eigenvalue weighted by molar-refractivity contribution is 8.00. The number of aromatic hydroxyl groups is 2. The minimum atomic E-state index is -0.240. The Balaban J connectivity index is 1.45. The maximum Gasteiger partial charge on any atom is 0.234 e. The van der Waals surface area contributed by atoms with E-state index in [0.717, 1.165) is 11.8 Å². The van der Waals surface area contributed by atoms with Crippen LogP contribution in [0.3, 0.4) is 0 Å². The Morgan fingerprint density at radius 2 is 1.83 bits per heavy atom.